The highest BCUT2D eigenvalue weighted by molar-refractivity contribution is 7.92. The summed E-state index contributed by atoms with van der Waals surface area (Å²) in [5.74, 6) is 0.515. The smallest absolute Gasteiger partial charge is 0.264 e. The number of nitrogens with one attached hydrogen (secondary N) is 1. The minimum atomic E-state index is -3.68. The first-order valence-electron chi connectivity index (χ1n) is 9.83. The van der Waals surface area contributed by atoms with E-state index in [1.165, 1.54) is 11.4 Å². The summed E-state index contributed by atoms with van der Waals surface area (Å²) in [6.07, 6.45) is 0. The Kier molecular flexibility index (Phi) is 6.65. The summed E-state index contributed by atoms with van der Waals surface area (Å²) in [5, 5.41) is 2.95. The predicted molar refractivity (Wildman–Crippen MR) is 122 cm³/mol. The Hall–Kier alpha value is -3.32. The maximum atomic E-state index is 12.8. The Balaban J connectivity index is 1.71. The molecule has 1 atom stereocenters. The Bertz CT molecular complexity index is 1140. The highest BCUT2D eigenvalue weighted by atomic mass is 32.2. The maximum Gasteiger partial charge on any atom is 0.264 e. The number of carbonyl (C=O) groups is 1. The Morgan fingerprint density at radius 2 is 1.52 bits per heavy atom. The van der Waals surface area contributed by atoms with Crippen LogP contribution in [0.15, 0.2) is 77.7 Å². The highest BCUT2D eigenvalue weighted by Gasteiger charge is 2.21. The highest BCUT2D eigenvalue weighted by Crippen LogP contribution is 2.23. The number of anilines is 1. The van der Waals surface area contributed by atoms with Crippen molar-refractivity contribution in [1.82, 2.24) is 5.32 Å². The lowest BCUT2D eigenvalue weighted by molar-refractivity contribution is 0.0940. The van der Waals surface area contributed by atoms with Gasteiger partial charge in [-0.1, -0.05) is 29.8 Å². The van der Waals surface area contributed by atoms with Crippen molar-refractivity contribution in [3.8, 4) is 5.75 Å². The minimum Gasteiger partial charge on any atom is -0.497 e. The third-order valence-electron chi connectivity index (χ3n) is 5.14. The molecule has 6 nitrogen and oxygen atoms in total. The van der Waals surface area contributed by atoms with E-state index in [0.29, 0.717) is 11.3 Å². The van der Waals surface area contributed by atoms with Crippen LogP contribution in [0.25, 0.3) is 0 Å². The van der Waals surface area contributed by atoms with Crippen LogP contribution in [-0.4, -0.2) is 28.5 Å². The molecule has 3 aromatic rings. The summed E-state index contributed by atoms with van der Waals surface area (Å²) in [5.41, 5.74) is 2.86. The lowest BCUT2D eigenvalue weighted by atomic mass is 10.1. The summed E-state index contributed by atoms with van der Waals surface area (Å²) >= 11 is 0. The van der Waals surface area contributed by atoms with Crippen LogP contribution in [-0.2, 0) is 10.0 Å². The standard InChI is InChI=1S/C24H26N2O4S/c1-17-5-15-23(16-6-17)31(28,29)26(3)21-11-7-20(8-12-21)24(27)25-18(2)19-9-13-22(30-4)14-10-19/h5-16,18H,1-4H3,(H,25,27). The number of hydrogen-bond donors (Lipinski definition) is 1. The molecule has 1 unspecified atom stereocenters. The molecule has 0 radical (unpaired) electrons. The quantitative estimate of drug-likeness (QED) is 0.596. The fourth-order valence-electron chi connectivity index (χ4n) is 3.09. The second kappa shape index (κ2) is 9.22. The van der Waals surface area contributed by atoms with E-state index in [1.807, 2.05) is 38.1 Å². The number of aryl methyl sites for hydroxylation is 1. The molecule has 3 aromatic carbocycles. The molecule has 0 fully saturated rings. The van der Waals surface area contributed by atoms with E-state index in [-0.39, 0.29) is 16.8 Å². The van der Waals surface area contributed by atoms with Crippen molar-refractivity contribution in [2.75, 3.05) is 18.5 Å². The molecule has 7 heteroatoms. The van der Waals surface area contributed by atoms with Gasteiger partial charge in [0.25, 0.3) is 15.9 Å². The van der Waals surface area contributed by atoms with Gasteiger partial charge in [-0.3, -0.25) is 9.10 Å². The molecule has 0 aliphatic carbocycles. The van der Waals surface area contributed by atoms with Gasteiger partial charge in [0.2, 0.25) is 0 Å². The first-order chi connectivity index (χ1) is 14.7. The number of carbonyl (C=O) groups excluding carboxylic acids is 1. The van der Waals surface area contributed by atoms with Crippen LogP contribution in [0.5, 0.6) is 5.75 Å². The van der Waals surface area contributed by atoms with Crippen molar-refractivity contribution in [3.05, 3.63) is 89.5 Å². The molecule has 0 heterocycles. The van der Waals surface area contributed by atoms with Crippen molar-refractivity contribution in [1.29, 1.82) is 0 Å². The van der Waals surface area contributed by atoms with E-state index < -0.39 is 10.0 Å². The number of rotatable bonds is 7. The van der Waals surface area contributed by atoms with Crippen molar-refractivity contribution >= 4 is 21.6 Å². The second-order valence-corrected chi connectivity index (χ2v) is 9.27. The van der Waals surface area contributed by atoms with E-state index >= 15 is 0 Å². The fraction of sp³-hybridized carbons (Fsp3) is 0.208. The average Bonchev–Trinajstić information content (AvgIpc) is 2.79. The third kappa shape index (κ3) is 5.06. The molecule has 0 aliphatic heterocycles. The van der Waals surface area contributed by atoms with Gasteiger partial charge in [0, 0.05) is 12.6 Å². The van der Waals surface area contributed by atoms with Gasteiger partial charge in [-0.05, 0) is 67.9 Å². The molecule has 3 rings (SSSR count). The SMILES string of the molecule is COc1ccc(C(C)NC(=O)c2ccc(N(C)S(=O)(=O)c3ccc(C)cc3)cc2)cc1. The van der Waals surface area contributed by atoms with Crippen molar-refractivity contribution in [2.24, 2.45) is 0 Å². The van der Waals surface area contributed by atoms with Gasteiger partial charge in [0.05, 0.1) is 23.7 Å². The monoisotopic (exact) mass is 438 g/mol. The zero-order valence-corrected chi connectivity index (χ0v) is 18.8. The van der Waals surface area contributed by atoms with E-state index in [4.69, 9.17) is 4.74 Å². The number of amides is 1. The Morgan fingerprint density at radius 3 is 2.06 bits per heavy atom. The van der Waals surface area contributed by atoms with Crippen LogP contribution in [0.3, 0.4) is 0 Å². The van der Waals surface area contributed by atoms with Crippen LogP contribution in [0.1, 0.15) is 34.5 Å². The first kappa shape index (κ1) is 22.4. The van der Waals surface area contributed by atoms with Crippen LogP contribution in [0, 0.1) is 6.92 Å². The fourth-order valence-corrected chi connectivity index (χ4v) is 4.28. The number of nitrogens with zero attached hydrogens (tertiary/aromatic N) is 1. The van der Waals surface area contributed by atoms with Gasteiger partial charge < -0.3 is 10.1 Å². The Morgan fingerprint density at radius 1 is 0.935 bits per heavy atom. The zero-order chi connectivity index (χ0) is 22.6. The lowest BCUT2D eigenvalue weighted by Crippen LogP contribution is -2.28. The molecule has 0 saturated heterocycles. The molecule has 0 aromatic heterocycles. The average molecular weight is 439 g/mol. The van der Waals surface area contributed by atoms with Crippen LogP contribution < -0.4 is 14.4 Å². The molecule has 1 amide bonds. The molecular weight excluding hydrogens is 412 g/mol. The molecule has 162 valence electrons. The lowest BCUT2D eigenvalue weighted by Gasteiger charge is -2.20. The van der Waals surface area contributed by atoms with Gasteiger partial charge >= 0.3 is 0 Å². The number of methoxy groups -OCH3 is 1. The summed E-state index contributed by atoms with van der Waals surface area (Å²) in [4.78, 5) is 12.8. The molecule has 0 spiro atoms. The summed E-state index contributed by atoms with van der Waals surface area (Å²) in [6, 6.07) is 20.5. The topological polar surface area (TPSA) is 75.7 Å². The summed E-state index contributed by atoms with van der Waals surface area (Å²) in [6.45, 7) is 3.80. The number of sulfonamides is 1. The molecule has 0 aliphatic rings. The van der Waals surface area contributed by atoms with E-state index in [9.17, 15) is 13.2 Å². The first-order valence-corrected chi connectivity index (χ1v) is 11.3. The molecule has 0 saturated carbocycles. The van der Waals surface area contributed by atoms with Gasteiger partial charge in [-0.25, -0.2) is 8.42 Å². The molecule has 1 N–H and O–H groups in total. The van der Waals surface area contributed by atoms with E-state index in [1.54, 1.807) is 55.6 Å². The normalized spacial score (nSPS) is 12.1. The van der Waals surface area contributed by atoms with Crippen LogP contribution in [0.4, 0.5) is 5.69 Å². The Labute approximate surface area is 183 Å². The van der Waals surface area contributed by atoms with E-state index in [0.717, 1.165) is 16.9 Å². The van der Waals surface area contributed by atoms with Gasteiger partial charge in [0.15, 0.2) is 0 Å². The number of benzene rings is 3. The van der Waals surface area contributed by atoms with Crippen molar-refractivity contribution in [2.45, 2.75) is 24.8 Å². The number of ether oxygens (including phenoxy) is 1. The van der Waals surface area contributed by atoms with Gasteiger partial charge in [-0.2, -0.15) is 0 Å². The molecular formula is C24H26N2O4S. The van der Waals surface area contributed by atoms with Crippen molar-refractivity contribution < 1.29 is 17.9 Å². The maximum absolute atomic E-state index is 12.8. The molecule has 31 heavy (non-hydrogen) atoms. The summed E-state index contributed by atoms with van der Waals surface area (Å²) in [7, 11) is -0.580. The van der Waals surface area contributed by atoms with E-state index in [2.05, 4.69) is 5.32 Å². The molecule has 0 bridgehead atoms. The minimum absolute atomic E-state index is 0.192. The summed E-state index contributed by atoms with van der Waals surface area (Å²) < 4.78 is 32.1. The predicted octanol–water partition coefficient (Wildman–Crippen LogP) is 4.32. The van der Waals surface area contributed by atoms with Gasteiger partial charge in [-0.15, -0.1) is 0 Å². The van der Waals surface area contributed by atoms with Crippen LogP contribution in [0.2, 0.25) is 0 Å². The van der Waals surface area contributed by atoms with Gasteiger partial charge in [0.1, 0.15) is 5.75 Å². The third-order valence-corrected chi connectivity index (χ3v) is 6.94. The van der Waals surface area contributed by atoms with Crippen molar-refractivity contribution in [3.63, 3.8) is 0 Å². The number of hydrogen-bond acceptors (Lipinski definition) is 4. The largest absolute Gasteiger partial charge is 0.497 e. The second-order valence-electron chi connectivity index (χ2n) is 7.30. The van der Waals surface area contributed by atoms with Crippen LogP contribution >= 0.6 is 0 Å². The zero-order valence-electron chi connectivity index (χ0n) is 18.0.